The third-order valence-corrected chi connectivity index (χ3v) is 5.36. The van der Waals surface area contributed by atoms with Gasteiger partial charge in [-0.3, -0.25) is 4.31 Å². The van der Waals surface area contributed by atoms with E-state index in [0.29, 0.717) is 12.1 Å². The molecule has 0 radical (unpaired) electrons. The molecular formula is C17H21NO4S. The molecule has 1 N–H and O–H groups in total. The number of ether oxygens (including phenoxy) is 1. The predicted octanol–water partition coefficient (Wildman–Crippen LogP) is 2.66. The molecule has 0 spiro atoms. The number of benzene rings is 2. The Labute approximate surface area is 137 Å². The van der Waals surface area contributed by atoms with E-state index in [9.17, 15) is 13.5 Å². The molecule has 0 aliphatic heterocycles. The first kappa shape index (κ1) is 17.3. The molecule has 0 aliphatic rings. The summed E-state index contributed by atoms with van der Waals surface area (Å²) in [5, 5.41) is 9.99. The van der Waals surface area contributed by atoms with E-state index >= 15 is 0 Å². The van der Waals surface area contributed by atoms with Gasteiger partial charge < -0.3 is 9.84 Å². The third-order valence-electron chi connectivity index (χ3n) is 3.53. The Bertz CT molecular complexity index is 731. The molecule has 2 aromatic carbocycles. The fourth-order valence-electron chi connectivity index (χ4n) is 2.21. The lowest BCUT2D eigenvalue weighted by molar-refractivity contribution is 0.179. The quantitative estimate of drug-likeness (QED) is 0.845. The van der Waals surface area contributed by atoms with Crippen molar-refractivity contribution in [2.45, 2.75) is 24.3 Å². The van der Waals surface area contributed by atoms with E-state index in [0.717, 1.165) is 0 Å². The van der Waals surface area contributed by atoms with Crippen LogP contribution in [0.2, 0.25) is 0 Å². The summed E-state index contributed by atoms with van der Waals surface area (Å²) in [5.74, 6) is 0.277. The monoisotopic (exact) mass is 335 g/mol. The second kappa shape index (κ2) is 7.48. The Morgan fingerprint density at radius 2 is 1.70 bits per heavy atom. The third kappa shape index (κ3) is 3.83. The molecule has 23 heavy (non-hydrogen) atoms. The maximum atomic E-state index is 13.1. The van der Waals surface area contributed by atoms with Crippen molar-refractivity contribution in [3.05, 3.63) is 54.6 Å². The number of aliphatic hydroxyl groups is 1. The highest BCUT2D eigenvalue weighted by Gasteiger charge is 2.29. The molecule has 0 amide bonds. The van der Waals surface area contributed by atoms with Crippen molar-refractivity contribution < 1.29 is 18.3 Å². The highest BCUT2D eigenvalue weighted by Crippen LogP contribution is 2.30. The topological polar surface area (TPSA) is 66.8 Å². The van der Waals surface area contributed by atoms with Gasteiger partial charge in [0, 0.05) is 0 Å². The molecule has 0 fully saturated rings. The molecule has 0 aliphatic carbocycles. The zero-order chi connectivity index (χ0) is 16.9. The lowest BCUT2D eigenvalue weighted by atomic mass is 10.2. The van der Waals surface area contributed by atoms with Crippen LogP contribution in [0.15, 0.2) is 59.5 Å². The van der Waals surface area contributed by atoms with Crippen LogP contribution in [0.1, 0.15) is 13.3 Å². The number of rotatable bonds is 7. The molecule has 2 rings (SSSR count). The Kier molecular flexibility index (Phi) is 5.63. The number of sulfonamides is 1. The highest BCUT2D eigenvalue weighted by molar-refractivity contribution is 7.93. The van der Waals surface area contributed by atoms with Gasteiger partial charge in [0.25, 0.3) is 10.0 Å². The summed E-state index contributed by atoms with van der Waals surface area (Å²) in [6.07, 6.45) is -0.287. The first-order valence-electron chi connectivity index (χ1n) is 7.39. The number of nitrogens with zero attached hydrogens (tertiary/aromatic N) is 1. The molecule has 0 heterocycles. The summed E-state index contributed by atoms with van der Waals surface area (Å²) in [5.41, 5.74) is 0.505. The molecule has 124 valence electrons. The number of hydrogen-bond acceptors (Lipinski definition) is 4. The van der Waals surface area contributed by atoms with Crippen molar-refractivity contribution in [2.75, 3.05) is 18.0 Å². The van der Waals surface area contributed by atoms with E-state index in [1.165, 1.54) is 17.5 Å². The van der Waals surface area contributed by atoms with Crippen molar-refractivity contribution in [3.8, 4) is 5.75 Å². The molecule has 0 saturated heterocycles. The Morgan fingerprint density at radius 3 is 2.30 bits per heavy atom. The lowest BCUT2D eigenvalue weighted by Crippen LogP contribution is -2.37. The van der Waals surface area contributed by atoms with Gasteiger partial charge in [-0.2, -0.15) is 0 Å². The summed E-state index contributed by atoms with van der Waals surface area (Å²) in [6, 6.07) is 15.2. The maximum absolute atomic E-state index is 13.1. The largest absolute Gasteiger partial charge is 0.495 e. The van der Waals surface area contributed by atoms with Crippen LogP contribution in [0.25, 0.3) is 0 Å². The number of methoxy groups -OCH3 is 1. The average Bonchev–Trinajstić information content (AvgIpc) is 2.59. The second-order valence-corrected chi connectivity index (χ2v) is 6.92. The van der Waals surface area contributed by atoms with Gasteiger partial charge in [0.2, 0.25) is 0 Å². The minimum absolute atomic E-state index is 0.0130. The summed E-state index contributed by atoms with van der Waals surface area (Å²) < 4.78 is 32.6. The molecule has 5 nitrogen and oxygen atoms in total. The highest BCUT2D eigenvalue weighted by atomic mass is 32.2. The van der Waals surface area contributed by atoms with E-state index in [4.69, 9.17) is 4.74 Å². The van der Waals surface area contributed by atoms with Gasteiger partial charge in [0.15, 0.2) is 0 Å². The van der Waals surface area contributed by atoms with Crippen molar-refractivity contribution in [1.82, 2.24) is 0 Å². The van der Waals surface area contributed by atoms with E-state index in [-0.39, 0.29) is 17.2 Å². The number of hydrogen-bond donors (Lipinski definition) is 1. The zero-order valence-electron chi connectivity index (χ0n) is 13.2. The zero-order valence-corrected chi connectivity index (χ0v) is 14.0. The SMILES string of the molecule is CC[C@@H](O)CN(c1ccccc1)S(=O)(=O)c1ccccc1OC. The summed E-state index contributed by atoms with van der Waals surface area (Å²) in [6.45, 7) is 1.80. The normalized spacial score (nSPS) is 12.7. The Morgan fingerprint density at radius 1 is 1.09 bits per heavy atom. The van der Waals surface area contributed by atoms with E-state index in [1.807, 2.05) is 13.0 Å². The van der Waals surface area contributed by atoms with Crippen LogP contribution in [-0.2, 0) is 10.0 Å². The van der Waals surface area contributed by atoms with Gasteiger partial charge in [-0.1, -0.05) is 37.3 Å². The smallest absolute Gasteiger partial charge is 0.268 e. The van der Waals surface area contributed by atoms with Crippen LogP contribution in [-0.4, -0.2) is 33.3 Å². The molecule has 0 aromatic heterocycles. The van der Waals surface area contributed by atoms with Crippen LogP contribution < -0.4 is 9.04 Å². The molecule has 0 saturated carbocycles. The first-order chi connectivity index (χ1) is 11.0. The van der Waals surface area contributed by atoms with Gasteiger partial charge in [0.1, 0.15) is 10.6 Å². The van der Waals surface area contributed by atoms with Gasteiger partial charge in [0.05, 0.1) is 25.4 Å². The van der Waals surface area contributed by atoms with Gasteiger partial charge in [-0.15, -0.1) is 0 Å². The van der Waals surface area contributed by atoms with Crippen molar-refractivity contribution in [2.24, 2.45) is 0 Å². The number of para-hydroxylation sites is 2. The van der Waals surface area contributed by atoms with Gasteiger partial charge >= 0.3 is 0 Å². The molecule has 1 atom stereocenters. The van der Waals surface area contributed by atoms with Gasteiger partial charge in [-0.25, -0.2) is 8.42 Å². The van der Waals surface area contributed by atoms with Crippen molar-refractivity contribution in [3.63, 3.8) is 0 Å². The van der Waals surface area contributed by atoms with E-state index in [2.05, 4.69) is 0 Å². The van der Waals surface area contributed by atoms with Crippen LogP contribution in [0.3, 0.4) is 0 Å². The Hall–Kier alpha value is -2.05. The van der Waals surface area contributed by atoms with Crippen LogP contribution in [0, 0.1) is 0 Å². The second-order valence-electron chi connectivity index (χ2n) is 5.08. The van der Waals surface area contributed by atoms with Crippen molar-refractivity contribution in [1.29, 1.82) is 0 Å². The minimum atomic E-state index is -3.85. The number of aliphatic hydroxyl groups excluding tert-OH is 1. The molecule has 2 aromatic rings. The first-order valence-corrected chi connectivity index (χ1v) is 8.83. The van der Waals surface area contributed by atoms with Crippen LogP contribution in [0.4, 0.5) is 5.69 Å². The van der Waals surface area contributed by atoms with E-state index < -0.39 is 16.1 Å². The predicted molar refractivity (Wildman–Crippen MR) is 90.3 cm³/mol. The maximum Gasteiger partial charge on any atom is 0.268 e. The summed E-state index contributed by atoms with van der Waals surface area (Å²) >= 11 is 0. The standard InChI is InChI=1S/C17H21NO4S/c1-3-15(19)13-18(14-9-5-4-6-10-14)23(20,21)17-12-8-7-11-16(17)22-2/h4-12,15,19H,3,13H2,1-2H3/t15-/m1/s1. The molecule has 6 heteroatoms. The summed E-state index contributed by atoms with van der Waals surface area (Å²) in [4.78, 5) is 0.0784. The average molecular weight is 335 g/mol. The summed E-state index contributed by atoms with van der Waals surface area (Å²) in [7, 11) is -2.42. The molecule has 0 bridgehead atoms. The lowest BCUT2D eigenvalue weighted by Gasteiger charge is -2.27. The van der Waals surface area contributed by atoms with Crippen molar-refractivity contribution >= 4 is 15.7 Å². The Balaban J connectivity index is 2.53. The fraction of sp³-hybridized carbons (Fsp3) is 0.294. The minimum Gasteiger partial charge on any atom is -0.495 e. The molecule has 0 unspecified atom stereocenters. The fourth-order valence-corrected chi connectivity index (χ4v) is 3.87. The van der Waals surface area contributed by atoms with Crippen LogP contribution in [0.5, 0.6) is 5.75 Å². The van der Waals surface area contributed by atoms with Crippen LogP contribution >= 0.6 is 0 Å². The number of anilines is 1. The molecular weight excluding hydrogens is 314 g/mol. The van der Waals surface area contributed by atoms with Gasteiger partial charge in [-0.05, 0) is 30.7 Å². The van der Waals surface area contributed by atoms with E-state index in [1.54, 1.807) is 42.5 Å².